The smallest absolute Gasteiger partial charge is 0.408 e. The third kappa shape index (κ3) is 8.70. The topological polar surface area (TPSA) is 67.4 Å². The van der Waals surface area contributed by atoms with Crippen LogP contribution in [0.1, 0.15) is 62.3 Å². The zero-order valence-electron chi connectivity index (χ0n) is 15.5. The molecule has 0 aliphatic carbocycles. The second-order valence-electron chi connectivity index (χ2n) is 8.03. The molecule has 0 saturated carbocycles. The van der Waals surface area contributed by atoms with Crippen LogP contribution in [0.2, 0.25) is 0 Å². The second-order valence-corrected chi connectivity index (χ2v) is 8.03. The molecule has 0 bridgehead atoms. The van der Waals surface area contributed by atoms with Gasteiger partial charge in [-0.25, -0.2) is 4.79 Å². The molecule has 0 radical (unpaired) electrons. The van der Waals surface area contributed by atoms with Crippen molar-refractivity contribution in [1.82, 2.24) is 10.6 Å². The second kappa shape index (κ2) is 7.16. The number of hydrogen-bond donors (Lipinski definition) is 2. The average molecular weight is 312 g/mol. The van der Waals surface area contributed by atoms with Gasteiger partial charge >= 0.3 is 6.09 Å². The van der Waals surface area contributed by atoms with Crippen LogP contribution in [-0.2, 0) is 9.53 Å². The van der Waals surface area contributed by atoms with Crippen molar-refractivity contribution in [2.24, 2.45) is 5.41 Å². The minimum absolute atomic E-state index is 0.0492. The third-order valence-corrected chi connectivity index (χ3v) is 2.74. The molecule has 0 aromatic rings. The quantitative estimate of drug-likeness (QED) is 0.765. The van der Waals surface area contributed by atoms with Crippen molar-refractivity contribution in [2.75, 3.05) is 0 Å². The number of ether oxygens (including phenoxy) is 1. The lowest BCUT2D eigenvalue weighted by Crippen LogP contribution is -2.45. The molecule has 5 nitrogen and oxygen atoms in total. The number of alkyl carbamates (subject to hydrolysis) is 1. The summed E-state index contributed by atoms with van der Waals surface area (Å²) in [5, 5.41) is 5.67. The third-order valence-electron chi connectivity index (χ3n) is 2.74. The lowest BCUT2D eigenvalue weighted by atomic mass is 9.89. The van der Waals surface area contributed by atoms with Gasteiger partial charge in [-0.2, -0.15) is 0 Å². The molecule has 0 atom stereocenters. The number of amides is 2. The Balaban J connectivity index is 4.81. The largest absolute Gasteiger partial charge is 0.444 e. The van der Waals surface area contributed by atoms with Crippen LogP contribution in [0, 0.1) is 5.41 Å². The standard InChI is InChI=1S/C17H32N2O3/c1-12(2)18-13(20)16(6,7)10-11-17(8,9)19-14(21)22-15(3,4)5/h10-12H,1-9H3,(H,18,20)(H,19,21)/b11-10+. The highest BCUT2D eigenvalue weighted by atomic mass is 16.6. The van der Waals surface area contributed by atoms with Gasteiger partial charge in [0.05, 0.1) is 11.0 Å². The highest BCUT2D eigenvalue weighted by molar-refractivity contribution is 5.84. The van der Waals surface area contributed by atoms with Crippen molar-refractivity contribution in [3.05, 3.63) is 12.2 Å². The lowest BCUT2D eigenvalue weighted by molar-refractivity contribution is -0.127. The Morgan fingerprint density at radius 3 is 1.86 bits per heavy atom. The molecule has 0 fully saturated rings. The zero-order valence-corrected chi connectivity index (χ0v) is 15.5. The van der Waals surface area contributed by atoms with Crippen LogP contribution in [0.3, 0.4) is 0 Å². The van der Waals surface area contributed by atoms with E-state index in [0.29, 0.717) is 0 Å². The van der Waals surface area contributed by atoms with Crippen LogP contribution >= 0.6 is 0 Å². The fourth-order valence-electron chi connectivity index (χ4n) is 1.55. The SMILES string of the molecule is CC(C)NC(=O)C(C)(C)/C=C/C(C)(C)NC(=O)OC(C)(C)C. The molecular formula is C17H32N2O3. The van der Waals surface area contributed by atoms with Crippen molar-refractivity contribution < 1.29 is 14.3 Å². The van der Waals surface area contributed by atoms with Crippen LogP contribution in [0.5, 0.6) is 0 Å². The average Bonchev–Trinajstić information content (AvgIpc) is 2.22. The first-order valence-electron chi connectivity index (χ1n) is 7.67. The molecule has 0 heterocycles. The number of carbonyl (C=O) groups excluding carboxylic acids is 2. The van der Waals surface area contributed by atoms with E-state index in [-0.39, 0.29) is 11.9 Å². The van der Waals surface area contributed by atoms with Crippen LogP contribution < -0.4 is 10.6 Å². The summed E-state index contributed by atoms with van der Waals surface area (Å²) in [5.74, 6) is -0.0492. The maximum atomic E-state index is 12.1. The zero-order chi connectivity index (χ0) is 17.8. The van der Waals surface area contributed by atoms with Gasteiger partial charge in [-0.15, -0.1) is 0 Å². The van der Waals surface area contributed by atoms with Gasteiger partial charge in [-0.3, -0.25) is 4.79 Å². The Bertz CT molecular complexity index is 430. The van der Waals surface area contributed by atoms with Gasteiger partial charge in [-0.05, 0) is 62.3 Å². The van der Waals surface area contributed by atoms with Gasteiger partial charge in [0.2, 0.25) is 5.91 Å². The molecule has 0 aromatic carbocycles. The number of nitrogens with one attached hydrogen (secondary N) is 2. The molecule has 0 spiro atoms. The first kappa shape index (κ1) is 20.5. The highest BCUT2D eigenvalue weighted by Crippen LogP contribution is 2.20. The van der Waals surface area contributed by atoms with E-state index in [0.717, 1.165) is 0 Å². The van der Waals surface area contributed by atoms with Crippen molar-refractivity contribution in [1.29, 1.82) is 0 Å². The van der Waals surface area contributed by atoms with Gasteiger partial charge in [0, 0.05) is 6.04 Å². The van der Waals surface area contributed by atoms with Gasteiger partial charge in [-0.1, -0.05) is 12.2 Å². The molecule has 0 aliphatic heterocycles. The first-order valence-corrected chi connectivity index (χ1v) is 7.67. The van der Waals surface area contributed by atoms with Gasteiger partial charge in [0.15, 0.2) is 0 Å². The highest BCUT2D eigenvalue weighted by Gasteiger charge is 2.27. The predicted octanol–water partition coefficient (Wildman–Crippen LogP) is 3.40. The van der Waals surface area contributed by atoms with E-state index < -0.39 is 22.6 Å². The Morgan fingerprint density at radius 1 is 0.955 bits per heavy atom. The van der Waals surface area contributed by atoms with E-state index in [9.17, 15) is 9.59 Å². The number of rotatable bonds is 5. The first-order chi connectivity index (χ1) is 9.65. The van der Waals surface area contributed by atoms with E-state index in [4.69, 9.17) is 4.74 Å². The molecular weight excluding hydrogens is 280 g/mol. The van der Waals surface area contributed by atoms with Crippen LogP contribution in [0.15, 0.2) is 12.2 Å². The van der Waals surface area contributed by atoms with Crippen molar-refractivity contribution in [3.63, 3.8) is 0 Å². The number of hydrogen-bond acceptors (Lipinski definition) is 3. The van der Waals surface area contributed by atoms with Crippen LogP contribution in [-0.4, -0.2) is 29.2 Å². The van der Waals surface area contributed by atoms with E-state index in [1.54, 1.807) is 0 Å². The Hall–Kier alpha value is -1.52. The van der Waals surface area contributed by atoms with E-state index in [1.165, 1.54) is 0 Å². The lowest BCUT2D eigenvalue weighted by Gasteiger charge is -2.28. The fraction of sp³-hybridized carbons (Fsp3) is 0.765. The molecule has 2 N–H and O–H groups in total. The normalized spacial score (nSPS) is 13.4. The van der Waals surface area contributed by atoms with Crippen molar-refractivity contribution in [2.45, 2.75) is 79.5 Å². The minimum atomic E-state index is -0.656. The molecule has 0 rings (SSSR count). The minimum Gasteiger partial charge on any atom is -0.444 e. The molecule has 128 valence electrons. The Morgan fingerprint density at radius 2 is 1.45 bits per heavy atom. The summed E-state index contributed by atoms with van der Waals surface area (Å²) in [6.45, 7) is 16.7. The summed E-state index contributed by atoms with van der Waals surface area (Å²) in [5.41, 5.74) is -1.81. The van der Waals surface area contributed by atoms with E-state index in [1.807, 2.05) is 74.5 Å². The Labute approximate surface area is 134 Å². The summed E-state index contributed by atoms with van der Waals surface area (Å²) < 4.78 is 5.24. The molecule has 22 heavy (non-hydrogen) atoms. The molecule has 0 unspecified atom stereocenters. The van der Waals surface area contributed by atoms with Gasteiger partial charge in [0.25, 0.3) is 0 Å². The summed E-state index contributed by atoms with van der Waals surface area (Å²) >= 11 is 0. The maximum Gasteiger partial charge on any atom is 0.408 e. The van der Waals surface area contributed by atoms with Gasteiger partial charge in [0.1, 0.15) is 5.60 Å². The fourth-order valence-corrected chi connectivity index (χ4v) is 1.55. The number of carbonyl (C=O) groups is 2. The van der Waals surface area contributed by atoms with Crippen molar-refractivity contribution >= 4 is 12.0 Å². The maximum absolute atomic E-state index is 12.1. The van der Waals surface area contributed by atoms with E-state index in [2.05, 4.69) is 10.6 Å². The van der Waals surface area contributed by atoms with Crippen LogP contribution in [0.25, 0.3) is 0 Å². The Kier molecular flexibility index (Phi) is 6.67. The molecule has 0 aliphatic rings. The molecule has 0 aromatic heterocycles. The molecule has 5 heteroatoms. The summed E-state index contributed by atoms with van der Waals surface area (Å²) in [7, 11) is 0. The molecule has 2 amide bonds. The summed E-state index contributed by atoms with van der Waals surface area (Å²) in [6.07, 6.45) is 3.14. The van der Waals surface area contributed by atoms with Crippen LogP contribution in [0.4, 0.5) is 4.79 Å². The van der Waals surface area contributed by atoms with Crippen molar-refractivity contribution in [3.8, 4) is 0 Å². The van der Waals surface area contributed by atoms with E-state index >= 15 is 0 Å². The summed E-state index contributed by atoms with van der Waals surface area (Å²) in [4.78, 5) is 24.0. The molecule has 0 saturated heterocycles. The summed E-state index contributed by atoms with van der Waals surface area (Å²) in [6, 6.07) is 0.0908. The monoisotopic (exact) mass is 312 g/mol. The van der Waals surface area contributed by atoms with Gasteiger partial charge < -0.3 is 15.4 Å². The predicted molar refractivity (Wildman–Crippen MR) is 89.6 cm³/mol.